The van der Waals surface area contributed by atoms with E-state index >= 15 is 0 Å². The summed E-state index contributed by atoms with van der Waals surface area (Å²) in [4.78, 5) is 13.0. The van der Waals surface area contributed by atoms with Gasteiger partial charge in [0.25, 0.3) is 5.91 Å². The third-order valence-corrected chi connectivity index (χ3v) is 6.74. The van der Waals surface area contributed by atoms with Gasteiger partial charge in [-0.05, 0) is 37.6 Å². The van der Waals surface area contributed by atoms with Gasteiger partial charge in [0.1, 0.15) is 11.5 Å². The topological polar surface area (TPSA) is 84.3 Å². The van der Waals surface area contributed by atoms with Crippen molar-refractivity contribution in [2.75, 3.05) is 14.1 Å². The number of rotatable bonds is 6. The van der Waals surface area contributed by atoms with Gasteiger partial charge in [0, 0.05) is 26.7 Å². The minimum absolute atomic E-state index is 0.0171. The molecule has 3 rings (SSSR count). The third-order valence-electron chi connectivity index (χ3n) is 4.83. The van der Waals surface area contributed by atoms with Crippen LogP contribution in [-0.2, 0) is 16.6 Å². The van der Waals surface area contributed by atoms with E-state index in [-0.39, 0.29) is 22.7 Å². The molecule has 1 heterocycles. The molecule has 7 nitrogen and oxygen atoms in total. The van der Waals surface area contributed by atoms with Gasteiger partial charge in [-0.3, -0.25) is 4.79 Å². The molecule has 1 aromatic heterocycles. The largest absolute Gasteiger partial charge is 0.348 e. The second kappa shape index (κ2) is 8.56. The lowest BCUT2D eigenvalue weighted by molar-refractivity contribution is 0.0949. The van der Waals surface area contributed by atoms with E-state index < -0.39 is 27.6 Å². The molecular formula is C21H22F2N4O3S. The summed E-state index contributed by atoms with van der Waals surface area (Å²) in [7, 11) is -0.821. The number of hydrogen-bond acceptors (Lipinski definition) is 4. The van der Waals surface area contributed by atoms with Crippen molar-refractivity contribution >= 4 is 15.9 Å². The summed E-state index contributed by atoms with van der Waals surface area (Å²) in [5.74, 6) is -2.01. The summed E-state index contributed by atoms with van der Waals surface area (Å²) in [6.07, 6.45) is 0. The maximum Gasteiger partial charge on any atom is 0.255 e. The van der Waals surface area contributed by atoms with Gasteiger partial charge in [-0.15, -0.1) is 0 Å². The molecule has 0 aliphatic heterocycles. The number of halogens is 2. The molecular weight excluding hydrogens is 426 g/mol. The standard InChI is InChI=1S/C21H22F2N4O3S/c1-13-20(14(2)27(25-13)18-10-9-16(22)11-17(18)23)21(28)24-12-15-7-5-6-8-19(15)31(29,30)26(3)4/h5-11H,12H2,1-4H3,(H,24,28). The van der Waals surface area contributed by atoms with Gasteiger partial charge in [0.2, 0.25) is 10.0 Å². The first-order valence-electron chi connectivity index (χ1n) is 9.34. The smallest absolute Gasteiger partial charge is 0.255 e. The Kier molecular flexibility index (Phi) is 6.23. The lowest BCUT2D eigenvalue weighted by atomic mass is 10.1. The maximum absolute atomic E-state index is 14.2. The highest BCUT2D eigenvalue weighted by molar-refractivity contribution is 7.89. The summed E-state index contributed by atoms with van der Waals surface area (Å²) >= 11 is 0. The summed E-state index contributed by atoms with van der Waals surface area (Å²) < 4.78 is 54.8. The zero-order chi connectivity index (χ0) is 22.9. The molecule has 31 heavy (non-hydrogen) atoms. The van der Waals surface area contributed by atoms with Crippen LogP contribution in [0.5, 0.6) is 0 Å². The van der Waals surface area contributed by atoms with E-state index in [1.165, 1.54) is 30.9 Å². The Balaban J connectivity index is 1.89. The quantitative estimate of drug-likeness (QED) is 0.629. The molecule has 0 fully saturated rings. The SMILES string of the molecule is Cc1nn(-c2ccc(F)cc2F)c(C)c1C(=O)NCc1ccccc1S(=O)(=O)N(C)C. The highest BCUT2D eigenvalue weighted by Crippen LogP contribution is 2.22. The van der Waals surface area contributed by atoms with Crippen LogP contribution < -0.4 is 5.32 Å². The minimum Gasteiger partial charge on any atom is -0.348 e. The predicted molar refractivity (Wildman–Crippen MR) is 111 cm³/mol. The highest BCUT2D eigenvalue weighted by atomic mass is 32.2. The number of nitrogens with zero attached hydrogens (tertiary/aromatic N) is 3. The summed E-state index contributed by atoms with van der Waals surface area (Å²) in [5.41, 5.74) is 1.40. The molecule has 0 saturated heterocycles. The Labute approximate surface area is 179 Å². The molecule has 0 aliphatic carbocycles. The van der Waals surface area contributed by atoms with Crippen molar-refractivity contribution in [1.29, 1.82) is 0 Å². The monoisotopic (exact) mass is 448 g/mol. The first-order valence-corrected chi connectivity index (χ1v) is 10.8. The molecule has 0 saturated carbocycles. The Hall–Kier alpha value is -3.11. The van der Waals surface area contributed by atoms with Crippen LogP contribution in [0.2, 0.25) is 0 Å². The number of nitrogens with one attached hydrogen (secondary N) is 1. The van der Waals surface area contributed by atoms with Crippen LogP contribution >= 0.6 is 0 Å². The average molecular weight is 448 g/mol. The Morgan fingerprint density at radius 3 is 2.45 bits per heavy atom. The molecule has 3 aromatic rings. The van der Waals surface area contributed by atoms with Gasteiger partial charge < -0.3 is 5.32 Å². The summed E-state index contributed by atoms with van der Waals surface area (Å²) in [6, 6.07) is 9.48. The highest BCUT2D eigenvalue weighted by Gasteiger charge is 2.23. The van der Waals surface area contributed by atoms with Crippen molar-refractivity contribution in [3.05, 3.63) is 76.6 Å². The second-order valence-electron chi connectivity index (χ2n) is 7.13. The molecule has 0 radical (unpaired) electrons. The van der Waals surface area contributed by atoms with Crippen LogP contribution in [0.4, 0.5) is 8.78 Å². The van der Waals surface area contributed by atoms with E-state index in [0.717, 1.165) is 16.4 Å². The Morgan fingerprint density at radius 2 is 1.81 bits per heavy atom. The molecule has 2 aromatic carbocycles. The van der Waals surface area contributed by atoms with E-state index in [9.17, 15) is 22.0 Å². The Bertz CT molecular complexity index is 1250. The zero-order valence-electron chi connectivity index (χ0n) is 17.5. The van der Waals surface area contributed by atoms with E-state index in [4.69, 9.17) is 0 Å². The number of hydrogen-bond donors (Lipinski definition) is 1. The first kappa shape index (κ1) is 22.6. The Morgan fingerprint density at radius 1 is 1.13 bits per heavy atom. The van der Waals surface area contributed by atoms with Crippen molar-refractivity contribution in [2.24, 2.45) is 0 Å². The van der Waals surface area contributed by atoms with Crippen LogP contribution in [0.25, 0.3) is 5.69 Å². The minimum atomic E-state index is -3.68. The van der Waals surface area contributed by atoms with Crippen molar-refractivity contribution < 1.29 is 22.0 Å². The van der Waals surface area contributed by atoms with Crippen molar-refractivity contribution in [3.8, 4) is 5.69 Å². The normalized spacial score (nSPS) is 11.7. The van der Waals surface area contributed by atoms with Crippen LogP contribution in [0.3, 0.4) is 0 Å². The fourth-order valence-corrected chi connectivity index (χ4v) is 4.34. The van der Waals surface area contributed by atoms with E-state index in [1.54, 1.807) is 32.0 Å². The summed E-state index contributed by atoms with van der Waals surface area (Å²) in [5, 5.41) is 6.93. The third kappa shape index (κ3) is 4.35. The average Bonchev–Trinajstić information content (AvgIpc) is 3.00. The summed E-state index contributed by atoms with van der Waals surface area (Å²) in [6.45, 7) is 3.17. The molecule has 0 bridgehead atoms. The molecule has 0 aliphatic rings. The molecule has 10 heteroatoms. The molecule has 1 N–H and O–H groups in total. The van der Waals surface area contributed by atoms with Crippen LogP contribution in [0.1, 0.15) is 27.3 Å². The van der Waals surface area contributed by atoms with Crippen molar-refractivity contribution in [2.45, 2.75) is 25.3 Å². The molecule has 1 amide bonds. The van der Waals surface area contributed by atoms with Gasteiger partial charge in [0.05, 0.1) is 21.8 Å². The van der Waals surface area contributed by atoms with Gasteiger partial charge >= 0.3 is 0 Å². The zero-order valence-corrected chi connectivity index (χ0v) is 18.3. The van der Waals surface area contributed by atoms with E-state index in [1.807, 2.05) is 0 Å². The van der Waals surface area contributed by atoms with Crippen molar-refractivity contribution in [3.63, 3.8) is 0 Å². The van der Waals surface area contributed by atoms with Crippen LogP contribution in [0, 0.1) is 25.5 Å². The fourth-order valence-electron chi connectivity index (χ4n) is 3.22. The fraction of sp³-hybridized carbons (Fsp3) is 0.238. The predicted octanol–water partition coefficient (Wildman–Crippen LogP) is 2.95. The number of carbonyl (C=O) groups is 1. The molecule has 0 atom stereocenters. The number of amides is 1. The molecule has 0 unspecified atom stereocenters. The lowest BCUT2D eigenvalue weighted by Crippen LogP contribution is -2.27. The maximum atomic E-state index is 14.2. The second-order valence-corrected chi connectivity index (χ2v) is 9.25. The first-order chi connectivity index (χ1) is 14.5. The van der Waals surface area contributed by atoms with Gasteiger partial charge in [-0.25, -0.2) is 26.2 Å². The number of carbonyl (C=O) groups excluding carboxylic acids is 1. The van der Waals surface area contributed by atoms with Crippen LogP contribution in [0.15, 0.2) is 47.4 Å². The number of benzene rings is 2. The van der Waals surface area contributed by atoms with Crippen molar-refractivity contribution in [1.82, 2.24) is 19.4 Å². The number of sulfonamides is 1. The molecule has 164 valence electrons. The van der Waals surface area contributed by atoms with E-state index in [0.29, 0.717) is 17.0 Å². The number of aryl methyl sites for hydroxylation is 1. The molecule has 0 spiro atoms. The van der Waals surface area contributed by atoms with Gasteiger partial charge in [0.15, 0.2) is 5.82 Å². The van der Waals surface area contributed by atoms with Gasteiger partial charge in [-0.1, -0.05) is 18.2 Å². The van der Waals surface area contributed by atoms with E-state index in [2.05, 4.69) is 10.4 Å². The van der Waals surface area contributed by atoms with Gasteiger partial charge in [-0.2, -0.15) is 5.10 Å². The number of aromatic nitrogens is 2. The lowest BCUT2D eigenvalue weighted by Gasteiger charge is -2.15. The van der Waals surface area contributed by atoms with Crippen LogP contribution in [-0.4, -0.2) is 42.5 Å².